The summed E-state index contributed by atoms with van der Waals surface area (Å²) in [6.45, 7) is 10.5. The van der Waals surface area contributed by atoms with Crippen molar-refractivity contribution in [3.05, 3.63) is 29.8 Å². The van der Waals surface area contributed by atoms with Gasteiger partial charge in [-0.15, -0.1) is 5.10 Å². The molecule has 4 rings (SSSR count). The van der Waals surface area contributed by atoms with Crippen molar-refractivity contribution in [1.29, 1.82) is 0 Å². The van der Waals surface area contributed by atoms with Gasteiger partial charge in [0.2, 0.25) is 16.0 Å². The lowest BCUT2D eigenvalue weighted by Crippen LogP contribution is -2.41. The van der Waals surface area contributed by atoms with E-state index in [4.69, 9.17) is 10.1 Å². The summed E-state index contributed by atoms with van der Waals surface area (Å²) < 4.78 is 1.88. The van der Waals surface area contributed by atoms with Gasteiger partial charge in [0.1, 0.15) is 5.69 Å². The minimum absolute atomic E-state index is 0.144. The molecule has 0 atom stereocenters. The van der Waals surface area contributed by atoms with Gasteiger partial charge in [0.15, 0.2) is 5.82 Å². The third-order valence-corrected chi connectivity index (χ3v) is 6.41. The summed E-state index contributed by atoms with van der Waals surface area (Å²) in [6, 6.07) is 8.36. The van der Waals surface area contributed by atoms with Gasteiger partial charge in [-0.1, -0.05) is 35.1 Å². The monoisotopic (exact) mass is 440 g/mol. The highest BCUT2D eigenvalue weighted by Crippen LogP contribution is 2.34. The van der Waals surface area contributed by atoms with Crippen LogP contribution in [0, 0.1) is 6.92 Å². The summed E-state index contributed by atoms with van der Waals surface area (Å²) in [5.41, 5.74) is 3.02. The van der Waals surface area contributed by atoms with Crippen LogP contribution in [0.15, 0.2) is 24.3 Å². The Bertz CT molecular complexity index is 1070. The van der Waals surface area contributed by atoms with Crippen molar-refractivity contribution in [2.24, 2.45) is 0 Å². The number of hydrogen-bond acceptors (Lipinski definition) is 6. The summed E-state index contributed by atoms with van der Waals surface area (Å²) in [7, 11) is 1.93. The third-order valence-electron chi connectivity index (χ3n) is 5.39. The molecule has 3 heterocycles. The molecule has 7 nitrogen and oxygen atoms in total. The van der Waals surface area contributed by atoms with Crippen molar-refractivity contribution in [1.82, 2.24) is 19.5 Å². The highest BCUT2D eigenvalue weighted by molar-refractivity contribution is 7.20. The average Bonchev–Trinajstić information content (AvgIpc) is 3.27. The van der Waals surface area contributed by atoms with Gasteiger partial charge < -0.3 is 15.1 Å². The second-order valence-corrected chi connectivity index (χ2v) is 10.4. The third kappa shape index (κ3) is 4.84. The van der Waals surface area contributed by atoms with E-state index in [0.717, 1.165) is 53.1 Å². The lowest BCUT2D eigenvalue weighted by Gasteiger charge is -2.28. The molecule has 1 saturated heterocycles. The predicted octanol–water partition coefficient (Wildman–Crippen LogP) is 4.43. The number of carbonyl (C=O) groups is 1. The molecule has 1 fully saturated rings. The molecule has 0 bridgehead atoms. The first-order valence-corrected chi connectivity index (χ1v) is 11.8. The fourth-order valence-electron chi connectivity index (χ4n) is 3.87. The first-order valence-electron chi connectivity index (χ1n) is 10.9. The number of likely N-dealkylation sites (tertiary alicyclic amines) is 1. The van der Waals surface area contributed by atoms with Crippen molar-refractivity contribution in [2.75, 3.05) is 36.9 Å². The number of aryl methyl sites for hydroxylation is 1. The maximum Gasteiger partial charge on any atom is 0.242 e. The number of nitrogens with one attached hydrogen (secondary N) is 1. The van der Waals surface area contributed by atoms with E-state index in [1.807, 2.05) is 21.4 Å². The maximum absolute atomic E-state index is 12.7. The van der Waals surface area contributed by atoms with E-state index in [9.17, 15) is 4.79 Å². The zero-order valence-corrected chi connectivity index (χ0v) is 19.9. The quantitative estimate of drug-likeness (QED) is 0.636. The molecule has 0 spiro atoms. The Morgan fingerprint density at radius 2 is 1.97 bits per heavy atom. The van der Waals surface area contributed by atoms with Gasteiger partial charge in [0, 0.05) is 31.2 Å². The molecule has 166 valence electrons. The number of rotatable bonds is 5. The van der Waals surface area contributed by atoms with Crippen LogP contribution in [0.2, 0.25) is 0 Å². The number of anilines is 2. The van der Waals surface area contributed by atoms with E-state index in [1.54, 1.807) is 0 Å². The topological polar surface area (TPSA) is 65.8 Å². The van der Waals surface area contributed by atoms with Crippen LogP contribution in [-0.2, 0) is 4.79 Å². The molecule has 3 aromatic rings. The maximum atomic E-state index is 12.7. The van der Waals surface area contributed by atoms with Crippen LogP contribution in [-0.4, -0.2) is 57.6 Å². The molecule has 0 unspecified atom stereocenters. The second kappa shape index (κ2) is 8.49. The molecule has 1 amide bonds. The molecular weight excluding hydrogens is 408 g/mol. The fourth-order valence-corrected chi connectivity index (χ4v) is 4.73. The molecule has 0 saturated carbocycles. The number of likely N-dealkylation sites (N-methyl/N-ethyl adjacent to an activating group) is 1. The summed E-state index contributed by atoms with van der Waals surface area (Å²) >= 11 is 1.51. The predicted molar refractivity (Wildman–Crippen MR) is 128 cm³/mol. The van der Waals surface area contributed by atoms with Gasteiger partial charge >= 0.3 is 0 Å². The zero-order valence-electron chi connectivity index (χ0n) is 19.1. The molecule has 1 aliphatic rings. The first kappa shape index (κ1) is 21.6. The molecule has 1 aromatic carbocycles. The van der Waals surface area contributed by atoms with Crippen LogP contribution in [0.5, 0.6) is 0 Å². The van der Waals surface area contributed by atoms with Crippen LogP contribution >= 0.6 is 11.3 Å². The molecular formula is C23H32N6OS. The zero-order chi connectivity index (χ0) is 22.2. The van der Waals surface area contributed by atoms with Crippen molar-refractivity contribution >= 4 is 33.2 Å². The molecule has 1 N–H and O–H groups in total. The normalized spacial score (nSPS) is 14.8. The van der Waals surface area contributed by atoms with Gasteiger partial charge in [-0.05, 0) is 53.0 Å². The van der Waals surface area contributed by atoms with Crippen LogP contribution in [0.25, 0.3) is 16.2 Å². The lowest BCUT2D eigenvalue weighted by molar-refractivity contribution is -0.130. The number of carbonyl (C=O) groups excluding carboxylic acids is 1. The van der Waals surface area contributed by atoms with Crippen LogP contribution in [0.3, 0.4) is 0 Å². The van der Waals surface area contributed by atoms with Crippen molar-refractivity contribution in [3.8, 4) is 11.3 Å². The Labute approximate surface area is 188 Å². The minimum Gasteiger partial charge on any atom is -0.364 e. The highest BCUT2D eigenvalue weighted by atomic mass is 32.1. The summed E-state index contributed by atoms with van der Waals surface area (Å²) in [5.74, 6) is 1.05. The summed E-state index contributed by atoms with van der Waals surface area (Å²) in [5, 5.41) is 9.21. The molecule has 8 heteroatoms. The van der Waals surface area contributed by atoms with E-state index in [1.165, 1.54) is 23.3 Å². The Morgan fingerprint density at radius 1 is 1.23 bits per heavy atom. The number of hydrogen-bond donors (Lipinski definition) is 1. The largest absolute Gasteiger partial charge is 0.364 e. The molecule has 1 aliphatic heterocycles. The molecule has 0 aliphatic carbocycles. The lowest BCUT2D eigenvalue weighted by atomic mass is 10.1. The van der Waals surface area contributed by atoms with Crippen molar-refractivity contribution in [3.63, 3.8) is 0 Å². The fraction of sp³-hybridized carbons (Fsp3) is 0.522. The van der Waals surface area contributed by atoms with E-state index < -0.39 is 0 Å². The standard InChI is InChI=1S/C23H32N6OS/c1-16-10-9-11-17(14-16)19-20(25-23(2,3)4)29-21(24-19)31-22(26-29)27(5)15-18(30)28-12-7-6-8-13-28/h9-11,14,25H,6-8,12-13,15H2,1-5H3. The van der Waals surface area contributed by atoms with Crippen molar-refractivity contribution < 1.29 is 4.79 Å². The van der Waals surface area contributed by atoms with Gasteiger partial charge in [0.05, 0.1) is 6.54 Å². The number of fused-ring (bicyclic) bond motifs is 1. The molecule has 2 aromatic heterocycles. The number of amides is 1. The van der Waals surface area contributed by atoms with Gasteiger partial charge in [0.25, 0.3) is 0 Å². The molecule has 0 radical (unpaired) electrons. The van der Waals surface area contributed by atoms with Crippen molar-refractivity contribution in [2.45, 2.75) is 52.5 Å². The van der Waals surface area contributed by atoms with Gasteiger partial charge in [-0.2, -0.15) is 4.52 Å². The average molecular weight is 441 g/mol. The SMILES string of the molecule is Cc1cccc(-c2nc3sc(N(C)CC(=O)N4CCCCC4)nn3c2NC(C)(C)C)c1. The van der Waals surface area contributed by atoms with Crippen LogP contribution in [0.4, 0.5) is 10.9 Å². The first-order chi connectivity index (χ1) is 14.7. The van der Waals surface area contributed by atoms with E-state index >= 15 is 0 Å². The Morgan fingerprint density at radius 3 is 2.65 bits per heavy atom. The smallest absolute Gasteiger partial charge is 0.242 e. The number of benzene rings is 1. The number of imidazole rings is 1. The highest BCUT2D eigenvalue weighted by Gasteiger charge is 2.24. The van der Waals surface area contributed by atoms with Crippen LogP contribution in [0.1, 0.15) is 45.6 Å². The van der Waals surface area contributed by atoms with E-state index in [2.05, 4.69) is 57.3 Å². The summed E-state index contributed by atoms with van der Waals surface area (Å²) in [4.78, 5) is 22.3. The Hall–Kier alpha value is -2.61. The summed E-state index contributed by atoms with van der Waals surface area (Å²) in [6.07, 6.45) is 3.42. The number of nitrogens with zero attached hydrogens (tertiary/aromatic N) is 5. The second-order valence-electron chi connectivity index (χ2n) is 9.43. The minimum atomic E-state index is -0.144. The Kier molecular flexibility index (Phi) is 5.92. The van der Waals surface area contributed by atoms with Crippen LogP contribution < -0.4 is 10.2 Å². The number of aromatic nitrogens is 3. The molecule has 31 heavy (non-hydrogen) atoms. The van der Waals surface area contributed by atoms with Gasteiger partial charge in [-0.3, -0.25) is 4.79 Å². The van der Waals surface area contributed by atoms with Gasteiger partial charge in [-0.25, -0.2) is 4.98 Å². The number of piperidine rings is 1. The van der Waals surface area contributed by atoms with E-state index in [0.29, 0.717) is 6.54 Å². The Balaban J connectivity index is 1.64. The van der Waals surface area contributed by atoms with E-state index in [-0.39, 0.29) is 11.4 Å².